The molecule has 27 heavy (non-hydrogen) atoms. The summed E-state index contributed by atoms with van der Waals surface area (Å²) in [6.07, 6.45) is 6.33. The van der Waals surface area contributed by atoms with Crippen LogP contribution in [0.1, 0.15) is 52.4 Å². The van der Waals surface area contributed by atoms with Gasteiger partial charge in [-0.3, -0.25) is 9.59 Å². The van der Waals surface area contributed by atoms with Crippen LogP contribution < -0.4 is 21.5 Å². The summed E-state index contributed by atoms with van der Waals surface area (Å²) in [4.78, 5) is 35.7. The van der Waals surface area contributed by atoms with Gasteiger partial charge in [0.25, 0.3) is 5.91 Å². The summed E-state index contributed by atoms with van der Waals surface area (Å²) in [6, 6.07) is -1.16. The molecule has 1 fully saturated rings. The number of amides is 2. The van der Waals surface area contributed by atoms with Crippen LogP contribution in [0.5, 0.6) is 0 Å². The fourth-order valence-electron chi connectivity index (χ4n) is 3.32. The van der Waals surface area contributed by atoms with E-state index < -0.39 is 12.0 Å². The highest BCUT2D eigenvalue weighted by atomic mass is 32.2. The standard InChI is InChI=1S/C19H35N3O4S/c1-4-12(2)16(20)18(24)21-11-13-5-7-14(8-6-13)17(23)22-15(19(25)26)9-10-27-3/h12-16H,4-11,20H2,1-3H3,(H,21,24)(H,22,23)(H,25,26)/t12-,13?,14?,15+,16+/m1/s1. The van der Waals surface area contributed by atoms with Crippen LogP contribution in [-0.2, 0) is 14.4 Å². The molecule has 8 heteroatoms. The quantitative estimate of drug-likeness (QED) is 0.432. The van der Waals surface area contributed by atoms with Crippen molar-refractivity contribution in [3.63, 3.8) is 0 Å². The van der Waals surface area contributed by atoms with E-state index in [1.807, 2.05) is 13.2 Å². The number of carbonyl (C=O) groups excluding carboxylic acids is 3. The molecule has 156 valence electrons. The van der Waals surface area contributed by atoms with Crippen LogP contribution in [0.4, 0.5) is 0 Å². The number of thioether (sulfide) groups is 1. The third-order valence-electron chi connectivity index (χ3n) is 5.66. The first-order valence-electron chi connectivity index (χ1n) is 9.91. The molecule has 0 aromatic rings. The number of hydrogen-bond acceptors (Lipinski definition) is 5. The second kappa shape index (κ2) is 12.2. The molecule has 1 aliphatic carbocycles. The van der Waals surface area contributed by atoms with Gasteiger partial charge in [-0.1, -0.05) is 13.8 Å². The fourth-order valence-corrected chi connectivity index (χ4v) is 3.79. The molecule has 0 radical (unpaired) electrons. The van der Waals surface area contributed by atoms with Crippen LogP contribution in [0.25, 0.3) is 0 Å². The summed E-state index contributed by atoms with van der Waals surface area (Å²) in [6.45, 7) is 4.69. The van der Waals surface area contributed by atoms with Gasteiger partial charge in [0, 0.05) is 18.4 Å². The number of aliphatic carboxylic acids is 1. The summed E-state index contributed by atoms with van der Waals surface area (Å²) >= 11 is 1.54. The highest BCUT2D eigenvalue weighted by Gasteiger charge is 2.29. The maximum atomic E-state index is 12.4. The van der Waals surface area contributed by atoms with Crippen LogP contribution in [0, 0.1) is 17.8 Å². The van der Waals surface area contributed by atoms with E-state index in [9.17, 15) is 19.5 Å². The third-order valence-corrected chi connectivity index (χ3v) is 6.31. The van der Waals surface area contributed by atoms with Gasteiger partial charge in [0.1, 0.15) is 0 Å². The molecule has 7 nitrogen and oxygen atoms in total. The molecule has 0 spiro atoms. The van der Waals surface area contributed by atoms with E-state index in [2.05, 4.69) is 23.3 Å². The maximum Gasteiger partial charge on any atom is 0.278 e. The predicted molar refractivity (Wildman–Crippen MR) is 105 cm³/mol. The Kier molecular flexibility index (Phi) is 10.8. The van der Waals surface area contributed by atoms with Crippen molar-refractivity contribution in [3.8, 4) is 0 Å². The lowest BCUT2D eigenvalue weighted by atomic mass is 9.81. The van der Waals surface area contributed by atoms with Crippen LogP contribution in [0.2, 0.25) is 0 Å². The Bertz CT molecular complexity index is 495. The maximum absolute atomic E-state index is 12.4. The van der Waals surface area contributed by atoms with E-state index in [4.69, 9.17) is 0 Å². The van der Waals surface area contributed by atoms with Gasteiger partial charge < -0.3 is 26.3 Å². The van der Waals surface area contributed by atoms with Crippen LogP contribution >= 0.6 is 11.8 Å². The van der Waals surface area contributed by atoms with Crippen molar-refractivity contribution in [2.24, 2.45) is 17.8 Å². The van der Waals surface area contributed by atoms with Crippen LogP contribution in [0.3, 0.4) is 0 Å². The van der Waals surface area contributed by atoms with Gasteiger partial charge >= 0.3 is 0 Å². The number of rotatable bonds is 11. The van der Waals surface area contributed by atoms with Gasteiger partial charge in [-0.15, -0.1) is 0 Å². The lowest BCUT2D eigenvalue weighted by Gasteiger charge is -2.30. The van der Waals surface area contributed by atoms with E-state index in [1.54, 1.807) is 11.8 Å². The van der Waals surface area contributed by atoms with Gasteiger partial charge in [0.2, 0.25) is 5.91 Å². The molecule has 0 aliphatic heterocycles. The summed E-state index contributed by atoms with van der Waals surface area (Å²) in [5.41, 5.74) is 3.95. The number of quaternary nitrogens is 1. The Balaban J connectivity index is 2.37. The molecule has 1 aliphatic rings. The van der Waals surface area contributed by atoms with Gasteiger partial charge in [0.15, 0.2) is 6.04 Å². The molecule has 5 N–H and O–H groups in total. The number of hydrogen-bond donors (Lipinski definition) is 3. The lowest BCUT2D eigenvalue weighted by Crippen LogP contribution is -2.70. The molecular weight excluding hydrogens is 366 g/mol. The van der Waals surface area contributed by atoms with E-state index in [-0.39, 0.29) is 29.7 Å². The number of carboxylic acids is 1. The lowest BCUT2D eigenvalue weighted by molar-refractivity contribution is -0.415. The highest BCUT2D eigenvalue weighted by Crippen LogP contribution is 2.28. The molecule has 0 saturated heterocycles. The Morgan fingerprint density at radius 1 is 1.22 bits per heavy atom. The van der Waals surface area contributed by atoms with Gasteiger partial charge in [-0.25, -0.2) is 0 Å². The van der Waals surface area contributed by atoms with Crippen LogP contribution in [0.15, 0.2) is 0 Å². The second-order valence-corrected chi connectivity index (χ2v) is 8.60. The first kappa shape index (κ1) is 23.8. The number of carbonyl (C=O) groups is 3. The zero-order valence-electron chi connectivity index (χ0n) is 16.8. The molecule has 1 rings (SSSR count). The molecule has 0 bridgehead atoms. The monoisotopic (exact) mass is 401 g/mol. The molecule has 2 amide bonds. The number of carboxylic acid groups (broad SMARTS) is 1. The van der Waals surface area contributed by atoms with Gasteiger partial charge in [-0.05, 0) is 56.5 Å². The van der Waals surface area contributed by atoms with Crippen molar-refractivity contribution >= 4 is 29.5 Å². The Morgan fingerprint density at radius 2 is 1.85 bits per heavy atom. The van der Waals surface area contributed by atoms with E-state index in [0.29, 0.717) is 37.5 Å². The molecule has 0 aromatic carbocycles. The average molecular weight is 402 g/mol. The number of nitrogens with one attached hydrogen (secondary N) is 2. The molecule has 1 saturated carbocycles. The zero-order valence-corrected chi connectivity index (χ0v) is 17.6. The molecular formula is C19H35N3O4S. The first-order valence-corrected chi connectivity index (χ1v) is 11.3. The van der Waals surface area contributed by atoms with Crippen molar-refractivity contribution in [3.05, 3.63) is 0 Å². The molecule has 0 aromatic heterocycles. The fraction of sp³-hybridized carbons (Fsp3) is 0.842. The average Bonchev–Trinajstić information content (AvgIpc) is 2.67. The Labute approximate surface area is 166 Å². The summed E-state index contributed by atoms with van der Waals surface area (Å²) in [5.74, 6) is -0.304. The van der Waals surface area contributed by atoms with E-state index in [1.165, 1.54) is 0 Å². The van der Waals surface area contributed by atoms with Crippen molar-refractivity contribution in [2.75, 3.05) is 18.6 Å². The Morgan fingerprint density at radius 3 is 2.37 bits per heavy atom. The van der Waals surface area contributed by atoms with Gasteiger partial charge in [0.05, 0.1) is 12.0 Å². The normalized spacial score (nSPS) is 23.1. The highest BCUT2D eigenvalue weighted by molar-refractivity contribution is 7.98. The molecule has 0 unspecified atom stereocenters. The minimum atomic E-state index is -1.22. The van der Waals surface area contributed by atoms with Gasteiger partial charge in [-0.2, -0.15) is 11.8 Å². The SMILES string of the molecule is CC[C@@H](C)[C@H]([NH3+])C(=O)NCC1CCC(C(=O)N[C@@H](CCSC)C(=O)[O-])CC1. The topological polar surface area (TPSA) is 126 Å². The van der Waals surface area contributed by atoms with E-state index >= 15 is 0 Å². The summed E-state index contributed by atoms with van der Waals surface area (Å²) < 4.78 is 0. The summed E-state index contributed by atoms with van der Waals surface area (Å²) in [5, 5.41) is 16.8. The largest absolute Gasteiger partial charge is 0.548 e. The Hall–Kier alpha value is -1.28. The minimum Gasteiger partial charge on any atom is -0.548 e. The zero-order chi connectivity index (χ0) is 20.4. The minimum absolute atomic E-state index is 0.00481. The summed E-state index contributed by atoms with van der Waals surface area (Å²) in [7, 11) is 0. The predicted octanol–water partition coefficient (Wildman–Crippen LogP) is -0.447. The van der Waals surface area contributed by atoms with Crippen molar-refractivity contribution < 1.29 is 25.2 Å². The third kappa shape index (κ3) is 8.09. The first-order chi connectivity index (χ1) is 12.8. The smallest absolute Gasteiger partial charge is 0.278 e. The molecule has 3 atom stereocenters. The molecule has 0 heterocycles. The van der Waals surface area contributed by atoms with Crippen molar-refractivity contribution in [1.82, 2.24) is 10.6 Å². The van der Waals surface area contributed by atoms with Crippen LogP contribution in [-0.4, -0.2) is 48.4 Å². The van der Waals surface area contributed by atoms with Crippen molar-refractivity contribution in [2.45, 2.75) is 64.5 Å². The van der Waals surface area contributed by atoms with Crippen molar-refractivity contribution in [1.29, 1.82) is 0 Å². The second-order valence-electron chi connectivity index (χ2n) is 7.62. The van der Waals surface area contributed by atoms with E-state index in [0.717, 1.165) is 19.3 Å².